The summed E-state index contributed by atoms with van der Waals surface area (Å²) in [5.74, 6) is 0. The summed E-state index contributed by atoms with van der Waals surface area (Å²) < 4.78 is 2.13. The Morgan fingerprint density at radius 3 is 2.35 bits per heavy atom. The maximum absolute atomic E-state index is 2.18. The molecule has 1 aromatic carbocycles. The second-order valence-electron chi connectivity index (χ2n) is 4.05. The van der Waals surface area contributed by atoms with E-state index in [1.165, 1.54) is 16.6 Å². The van der Waals surface area contributed by atoms with Crippen LogP contribution in [0.5, 0.6) is 0 Å². The van der Waals surface area contributed by atoms with Crippen molar-refractivity contribution in [3.8, 4) is 0 Å². The van der Waals surface area contributed by atoms with Gasteiger partial charge in [0.25, 0.3) is 0 Å². The third-order valence-electron chi connectivity index (χ3n) is 2.79. The molecular formula is C16H13N. The molecule has 82 valence electrons. The molecule has 0 spiro atoms. The van der Waals surface area contributed by atoms with Crippen LogP contribution in [0.2, 0.25) is 0 Å². The highest BCUT2D eigenvalue weighted by atomic mass is 14.8. The molecule has 0 fully saturated rings. The fourth-order valence-corrected chi connectivity index (χ4v) is 1.93. The molecule has 1 nitrogen and oxygen atoms in total. The first-order chi connectivity index (χ1) is 8.42. The van der Waals surface area contributed by atoms with Crippen molar-refractivity contribution in [3.05, 3.63) is 78.1 Å². The summed E-state index contributed by atoms with van der Waals surface area (Å²) in [5, 5.41) is 0. The van der Waals surface area contributed by atoms with E-state index in [-0.39, 0.29) is 0 Å². The highest BCUT2D eigenvalue weighted by molar-refractivity contribution is 5.72. The lowest BCUT2D eigenvalue weighted by Gasteiger charge is -1.90. The van der Waals surface area contributed by atoms with Gasteiger partial charge < -0.3 is 4.40 Å². The first-order valence-electron chi connectivity index (χ1n) is 5.72. The number of hydrogen-bond donors (Lipinski definition) is 0. The van der Waals surface area contributed by atoms with Crippen molar-refractivity contribution in [2.24, 2.45) is 0 Å². The largest absolute Gasteiger partial charge is 0.323 e. The van der Waals surface area contributed by atoms with Crippen LogP contribution in [0.3, 0.4) is 0 Å². The van der Waals surface area contributed by atoms with E-state index >= 15 is 0 Å². The summed E-state index contributed by atoms with van der Waals surface area (Å²) in [7, 11) is 0. The maximum atomic E-state index is 2.18. The summed E-state index contributed by atoms with van der Waals surface area (Å²) in [6.45, 7) is 0. The van der Waals surface area contributed by atoms with Gasteiger partial charge in [0.05, 0.1) is 0 Å². The second kappa shape index (κ2) is 4.30. The van der Waals surface area contributed by atoms with E-state index in [1.54, 1.807) is 0 Å². The third kappa shape index (κ3) is 2.13. The molecule has 0 saturated heterocycles. The van der Waals surface area contributed by atoms with Crippen LogP contribution in [0.1, 0.15) is 11.1 Å². The Morgan fingerprint density at radius 2 is 1.53 bits per heavy atom. The molecule has 0 N–H and O–H groups in total. The number of fused-ring (bicyclic) bond motifs is 1. The molecule has 0 aliphatic heterocycles. The molecule has 0 unspecified atom stereocenters. The summed E-state index contributed by atoms with van der Waals surface area (Å²) >= 11 is 0. The van der Waals surface area contributed by atoms with Gasteiger partial charge in [-0.1, -0.05) is 48.6 Å². The highest BCUT2D eigenvalue weighted by Crippen LogP contribution is 2.13. The quantitative estimate of drug-likeness (QED) is 0.611. The van der Waals surface area contributed by atoms with Crippen LogP contribution in [0.15, 0.2) is 67.0 Å². The molecule has 0 bridgehead atoms. The molecule has 0 aliphatic carbocycles. The summed E-state index contributed by atoms with van der Waals surface area (Å²) in [6.07, 6.45) is 8.47. The Morgan fingerprint density at radius 1 is 0.765 bits per heavy atom. The van der Waals surface area contributed by atoms with Crippen molar-refractivity contribution in [2.45, 2.75) is 0 Å². The normalized spacial score (nSPS) is 11.3. The predicted octanol–water partition coefficient (Wildman–Crippen LogP) is 4.11. The number of hydrogen-bond acceptors (Lipinski definition) is 0. The Hall–Kier alpha value is -2.28. The molecule has 3 rings (SSSR count). The van der Waals surface area contributed by atoms with E-state index in [0.29, 0.717) is 0 Å². The van der Waals surface area contributed by atoms with Crippen LogP contribution in [-0.4, -0.2) is 4.40 Å². The lowest BCUT2D eigenvalue weighted by Crippen LogP contribution is -1.76. The molecule has 0 aliphatic rings. The Balaban J connectivity index is 1.92. The van der Waals surface area contributed by atoms with Gasteiger partial charge in [-0.05, 0) is 29.3 Å². The Labute approximate surface area is 101 Å². The van der Waals surface area contributed by atoms with Crippen molar-refractivity contribution in [2.75, 3.05) is 0 Å². The highest BCUT2D eigenvalue weighted by Gasteiger charge is 1.94. The SMILES string of the molecule is C(=C\c1cc2ccccn2c1)/c1ccccc1. The van der Waals surface area contributed by atoms with Gasteiger partial charge >= 0.3 is 0 Å². The van der Waals surface area contributed by atoms with E-state index in [2.05, 4.69) is 71.4 Å². The summed E-state index contributed by atoms with van der Waals surface area (Å²) in [4.78, 5) is 0. The lowest BCUT2D eigenvalue weighted by molar-refractivity contribution is 1.20. The molecule has 2 heterocycles. The molecular weight excluding hydrogens is 206 g/mol. The minimum absolute atomic E-state index is 1.22. The molecule has 1 heteroatoms. The molecule has 0 saturated carbocycles. The average molecular weight is 219 g/mol. The third-order valence-corrected chi connectivity index (χ3v) is 2.79. The zero-order valence-electron chi connectivity index (χ0n) is 9.45. The number of pyridine rings is 1. The van der Waals surface area contributed by atoms with Crippen molar-refractivity contribution in [1.82, 2.24) is 4.40 Å². The number of rotatable bonds is 2. The first-order valence-corrected chi connectivity index (χ1v) is 5.72. The van der Waals surface area contributed by atoms with Crippen molar-refractivity contribution in [3.63, 3.8) is 0 Å². The van der Waals surface area contributed by atoms with E-state index in [0.717, 1.165) is 0 Å². The minimum atomic E-state index is 1.22. The molecule has 0 atom stereocenters. The fourth-order valence-electron chi connectivity index (χ4n) is 1.93. The van der Waals surface area contributed by atoms with Crippen LogP contribution in [0, 0.1) is 0 Å². The van der Waals surface area contributed by atoms with Crippen LogP contribution in [0.25, 0.3) is 17.7 Å². The molecule has 0 radical (unpaired) electrons. The Bertz CT molecular complexity index is 614. The van der Waals surface area contributed by atoms with Crippen LogP contribution >= 0.6 is 0 Å². The molecule has 2 aromatic heterocycles. The molecule has 0 amide bonds. The smallest absolute Gasteiger partial charge is 0.0456 e. The maximum Gasteiger partial charge on any atom is 0.0456 e. The zero-order valence-corrected chi connectivity index (χ0v) is 9.45. The number of nitrogens with zero attached hydrogens (tertiary/aromatic N) is 1. The minimum Gasteiger partial charge on any atom is -0.323 e. The number of aromatic nitrogens is 1. The zero-order chi connectivity index (χ0) is 11.5. The average Bonchev–Trinajstić information content (AvgIpc) is 2.80. The van der Waals surface area contributed by atoms with Gasteiger partial charge in [0.2, 0.25) is 0 Å². The molecule has 17 heavy (non-hydrogen) atoms. The number of benzene rings is 1. The van der Waals surface area contributed by atoms with Gasteiger partial charge in [-0.2, -0.15) is 0 Å². The van der Waals surface area contributed by atoms with Crippen molar-refractivity contribution >= 4 is 17.7 Å². The van der Waals surface area contributed by atoms with Crippen molar-refractivity contribution in [1.29, 1.82) is 0 Å². The van der Waals surface area contributed by atoms with Crippen LogP contribution in [-0.2, 0) is 0 Å². The van der Waals surface area contributed by atoms with Gasteiger partial charge in [0, 0.05) is 17.9 Å². The van der Waals surface area contributed by atoms with E-state index in [1.807, 2.05) is 12.1 Å². The van der Waals surface area contributed by atoms with Gasteiger partial charge in [-0.3, -0.25) is 0 Å². The van der Waals surface area contributed by atoms with E-state index in [4.69, 9.17) is 0 Å². The van der Waals surface area contributed by atoms with E-state index in [9.17, 15) is 0 Å². The summed E-state index contributed by atoms with van der Waals surface area (Å²) in [6, 6.07) is 18.7. The predicted molar refractivity (Wildman–Crippen MR) is 72.8 cm³/mol. The fraction of sp³-hybridized carbons (Fsp3) is 0. The van der Waals surface area contributed by atoms with Gasteiger partial charge in [-0.25, -0.2) is 0 Å². The van der Waals surface area contributed by atoms with Gasteiger partial charge in [0.1, 0.15) is 0 Å². The van der Waals surface area contributed by atoms with E-state index < -0.39 is 0 Å². The van der Waals surface area contributed by atoms with Crippen LogP contribution in [0.4, 0.5) is 0 Å². The second-order valence-corrected chi connectivity index (χ2v) is 4.05. The van der Waals surface area contributed by atoms with Gasteiger partial charge in [0.15, 0.2) is 0 Å². The standard InChI is InChI=1S/C16H13N/c1-2-6-14(7-3-1)9-10-15-12-16-8-4-5-11-17(16)13-15/h1-13H/b10-9+. The van der Waals surface area contributed by atoms with Crippen molar-refractivity contribution < 1.29 is 0 Å². The summed E-state index contributed by atoms with van der Waals surface area (Å²) in [5.41, 5.74) is 3.67. The molecule has 3 aromatic rings. The monoisotopic (exact) mass is 219 g/mol. The first kappa shape index (κ1) is 9.91. The lowest BCUT2D eigenvalue weighted by atomic mass is 10.2. The topological polar surface area (TPSA) is 4.41 Å². The van der Waals surface area contributed by atoms with Crippen LogP contribution < -0.4 is 0 Å². The Kier molecular flexibility index (Phi) is 2.51. The van der Waals surface area contributed by atoms with Gasteiger partial charge in [-0.15, -0.1) is 0 Å².